The lowest BCUT2D eigenvalue weighted by atomic mass is 9.95. The number of halogens is 1. The van der Waals surface area contributed by atoms with Crippen molar-refractivity contribution in [3.63, 3.8) is 0 Å². The second-order valence-corrected chi connectivity index (χ2v) is 7.08. The number of carbonyl (C=O) groups excluding carboxylic acids is 3. The highest BCUT2D eigenvalue weighted by atomic mass is 19.1. The summed E-state index contributed by atoms with van der Waals surface area (Å²) in [6, 6.07) is 12.6. The number of hydrogen-bond donors (Lipinski definition) is 1. The standard InChI is InChI=1S/C22H20FN3O3/c1-2-13-25-20(28)17-5-3-4-6-18(17)26-19(27)11-12-22(25,26)21(29)24-14-15-7-9-16(23)10-8-15/h2-10H,1,11-14H2,(H,24,29). The Morgan fingerprint density at radius 2 is 1.90 bits per heavy atom. The Bertz CT molecular complexity index is 1000. The fourth-order valence-corrected chi connectivity index (χ4v) is 4.09. The molecule has 1 N–H and O–H groups in total. The van der Waals surface area contributed by atoms with Crippen LogP contribution in [0, 0.1) is 5.82 Å². The number of nitrogens with one attached hydrogen (secondary N) is 1. The van der Waals surface area contributed by atoms with E-state index in [1.807, 2.05) is 0 Å². The number of fused-ring (bicyclic) bond motifs is 3. The Balaban J connectivity index is 1.74. The predicted octanol–water partition coefficient (Wildman–Crippen LogP) is 2.61. The third-order valence-corrected chi connectivity index (χ3v) is 5.42. The van der Waals surface area contributed by atoms with Crippen LogP contribution in [-0.2, 0) is 16.1 Å². The van der Waals surface area contributed by atoms with Crippen LogP contribution < -0.4 is 10.2 Å². The first-order valence-electron chi connectivity index (χ1n) is 9.37. The second-order valence-electron chi connectivity index (χ2n) is 7.08. The molecule has 0 radical (unpaired) electrons. The van der Waals surface area contributed by atoms with E-state index in [-0.39, 0.29) is 43.6 Å². The third kappa shape index (κ3) is 2.90. The minimum atomic E-state index is -1.45. The Labute approximate surface area is 167 Å². The molecule has 2 aliphatic rings. The van der Waals surface area contributed by atoms with Crippen molar-refractivity contribution in [2.45, 2.75) is 25.0 Å². The van der Waals surface area contributed by atoms with Crippen LogP contribution in [0.5, 0.6) is 0 Å². The van der Waals surface area contributed by atoms with Gasteiger partial charge in [-0.3, -0.25) is 19.3 Å². The molecule has 1 unspecified atom stereocenters. The van der Waals surface area contributed by atoms with E-state index in [0.717, 1.165) is 0 Å². The molecule has 3 amide bonds. The van der Waals surface area contributed by atoms with Gasteiger partial charge in [0.25, 0.3) is 11.8 Å². The highest BCUT2D eigenvalue weighted by Crippen LogP contribution is 2.44. The van der Waals surface area contributed by atoms with E-state index in [2.05, 4.69) is 11.9 Å². The Morgan fingerprint density at radius 3 is 2.62 bits per heavy atom. The van der Waals surface area contributed by atoms with Crippen molar-refractivity contribution in [2.75, 3.05) is 11.4 Å². The second kappa shape index (κ2) is 7.16. The molecule has 2 aliphatic heterocycles. The molecule has 1 saturated heterocycles. The summed E-state index contributed by atoms with van der Waals surface area (Å²) >= 11 is 0. The lowest BCUT2D eigenvalue weighted by Gasteiger charge is -2.48. The number of hydrogen-bond acceptors (Lipinski definition) is 3. The zero-order chi connectivity index (χ0) is 20.6. The van der Waals surface area contributed by atoms with Gasteiger partial charge in [0.05, 0.1) is 11.3 Å². The van der Waals surface area contributed by atoms with Gasteiger partial charge in [0.2, 0.25) is 11.6 Å². The number of para-hydroxylation sites is 1. The normalized spacial score (nSPS) is 20.3. The van der Waals surface area contributed by atoms with Gasteiger partial charge in [0.1, 0.15) is 5.82 Å². The molecular weight excluding hydrogens is 373 g/mol. The topological polar surface area (TPSA) is 69.7 Å². The third-order valence-electron chi connectivity index (χ3n) is 5.42. The summed E-state index contributed by atoms with van der Waals surface area (Å²) in [5, 5.41) is 2.83. The Morgan fingerprint density at radius 1 is 1.17 bits per heavy atom. The van der Waals surface area contributed by atoms with E-state index < -0.39 is 11.6 Å². The summed E-state index contributed by atoms with van der Waals surface area (Å²) in [5.74, 6) is -1.34. The van der Waals surface area contributed by atoms with E-state index in [1.54, 1.807) is 42.5 Å². The molecule has 4 rings (SSSR count). The zero-order valence-electron chi connectivity index (χ0n) is 15.7. The average Bonchev–Trinajstić information content (AvgIpc) is 3.09. The number of benzene rings is 2. The van der Waals surface area contributed by atoms with E-state index in [0.29, 0.717) is 16.8 Å². The SMILES string of the molecule is C=CCN1C(=O)c2ccccc2N2C(=O)CCC12C(=O)NCc1ccc(F)cc1. The van der Waals surface area contributed by atoms with Crippen molar-refractivity contribution in [3.8, 4) is 0 Å². The van der Waals surface area contributed by atoms with Gasteiger partial charge in [-0.2, -0.15) is 0 Å². The van der Waals surface area contributed by atoms with Crippen LogP contribution in [0.4, 0.5) is 10.1 Å². The molecule has 0 saturated carbocycles. The van der Waals surface area contributed by atoms with Crippen molar-refractivity contribution in [1.82, 2.24) is 10.2 Å². The highest BCUT2D eigenvalue weighted by molar-refractivity contribution is 6.16. The quantitative estimate of drug-likeness (QED) is 0.794. The van der Waals surface area contributed by atoms with Crippen LogP contribution >= 0.6 is 0 Å². The van der Waals surface area contributed by atoms with Crippen LogP contribution in [0.15, 0.2) is 61.2 Å². The summed E-state index contributed by atoms with van der Waals surface area (Å²) in [6.45, 7) is 3.99. The van der Waals surface area contributed by atoms with Crippen molar-refractivity contribution in [3.05, 3.63) is 78.1 Å². The van der Waals surface area contributed by atoms with Gasteiger partial charge in [-0.15, -0.1) is 6.58 Å². The lowest BCUT2D eigenvalue weighted by molar-refractivity contribution is -0.133. The van der Waals surface area contributed by atoms with Gasteiger partial charge >= 0.3 is 0 Å². The maximum absolute atomic E-state index is 13.4. The van der Waals surface area contributed by atoms with Gasteiger partial charge in [-0.25, -0.2) is 4.39 Å². The van der Waals surface area contributed by atoms with Crippen molar-refractivity contribution < 1.29 is 18.8 Å². The Hall–Kier alpha value is -3.48. The van der Waals surface area contributed by atoms with E-state index in [1.165, 1.54) is 21.9 Å². The molecule has 29 heavy (non-hydrogen) atoms. The first-order chi connectivity index (χ1) is 14.0. The first kappa shape index (κ1) is 18.9. The summed E-state index contributed by atoms with van der Waals surface area (Å²) < 4.78 is 13.1. The molecule has 1 atom stereocenters. The largest absolute Gasteiger partial charge is 0.348 e. The van der Waals surface area contributed by atoms with Crippen molar-refractivity contribution >= 4 is 23.4 Å². The Kier molecular flexibility index (Phi) is 4.66. The van der Waals surface area contributed by atoms with Crippen LogP contribution in [0.1, 0.15) is 28.8 Å². The van der Waals surface area contributed by atoms with Crippen LogP contribution in [0.2, 0.25) is 0 Å². The molecule has 0 aliphatic carbocycles. The predicted molar refractivity (Wildman–Crippen MR) is 105 cm³/mol. The van der Waals surface area contributed by atoms with E-state index in [9.17, 15) is 18.8 Å². The fraction of sp³-hybridized carbons (Fsp3) is 0.227. The summed E-state index contributed by atoms with van der Waals surface area (Å²) in [6.07, 6.45) is 1.88. The number of nitrogens with zero attached hydrogens (tertiary/aromatic N) is 2. The maximum atomic E-state index is 13.4. The summed E-state index contributed by atoms with van der Waals surface area (Å²) in [5.41, 5.74) is 0.0881. The van der Waals surface area contributed by atoms with Crippen LogP contribution in [-0.4, -0.2) is 34.8 Å². The molecule has 148 valence electrons. The smallest absolute Gasteiger partial charge is 0.267 e. The molecule has 2 aromatic rings. The highest BCUT2D eigenvalue weighted by Gasteiger charge is 2.60. The van der Waals surface area contributed by atoms with Gasteiger partial charge in [0, 0.05) is 25.9 Å². The molecule has 6 nitrogen and oxygen atoms in total. The molecule has 1 fully saturated rings. The van der Waals surface area contributed by atoms with Crippen molar-refractivity contribution in [1.29, 1.82) is 0 Å². The molecule has 2 aromatic carbocycles. The van der Waals surface area contributed by atoms with E-state index in [4.69, 9.17) is 0 Å². The average molecular weight is 393 g/mol. The van der Waals surface area contributed by atoms with Crippen LogP contribution in [0.3, 0.4) is 0 Å². The minimum Gasteiger partial charge on any atom is -0.348 e. The monoisotopic (exact) mass is 393 g/mol. The molecule has 0 spiro atoms. The maximum Gasteiger partial charge on any atom is 0.267 e. The number of carbonyl (C=O) groups is 3. The number of amides is 3. The van der Waals surface area contributed by atoms with Gasteiger partial charge in [-0.05, 0) is 29.8 Å². The molecule has 7 heteroatoms. The first-order valence-corrected chi connectivity index (χ1v) is 9.37. The van der Waals surface area contributed by atoms with E-state index >= 15 is 0 Å². The van der Waals surface area contributed by atoms with Crippen LogP contribution in [0.25, 0.3) is 0 Å². The summed E-state index contributed by atoms with van der Waals surface area (Å²) in [4.78, 5) is 42.3. The molecule has 2 heterocycles. The molecule has 0 bridgehead atoms. The zero-order valence-corrected chi connectivity index (χ0v) is 15.7. The number of rotatable bonds is 5. The molecule has 0 aromatic heterocycles. The fourth-order valence-electron chi connectivity index (χ4n) is 4.09. The van der Waals surface area contributed by atoms with Gasteiger partial charge in [0.15, 0.2) is 0 Å². The summed E-state index contributed by atoms with van der Waals surface area (Å²) in [7, 11) is 0. The van der Waals surface area contributed by atoms with Crippen molar-refractivity contribution in [2.24, 2.45) is 0 Å². The van der Waals surface area contributed by atoms with Gasteiger partial charge < -0.3 is 10.2 Å². The van der Waals surface area contributed by atoms with Gasteiger partial charge in [-0.1, -0.05) is 30.3 Å². The number of anilines is 1. The molecular formula is C22H20FN3O3. The minimum absolute atomic E-state index is 0.126. The lowest BCUT2D eigenvalue weighted by Crippen LogP contribution is -2.70.